The second-order valence-corrected chi connectivity index (χ2v) is 4.40. The Morgan fingerprint density at radius 1 is 1.50 bits per heavy atom. The molecule has 0 bridgehead atoms. The van der Waals surface area contributed by atoms with Crippen molar-refractivity contribution in [2.24, 2.45) is 0 Å². The summed E-state index contributed by atoms with van der Waals surface area (Å²) >= 11 is 1.39. The van der Waals surface area contributed by atoms with Gasteiger partial charge in [-0.25, -0.2) is 4.39 Å². The summed E-state index contributed by atoms with van der Waals surface area (Å²) in [5, 5.41) is 10.3. The van der Waals surface area contributed by atoms with Gasteiger partial charge in [-0.05, 0) is 37.5 Å². The molecule has 0 amide bonds. The Labute approximate surface area is 99.3 Å². The highest BCUT2D eigenvalue weighted by molar-refractivity contribution is 8.10. The van der Waals surface area contributed by atoms with Crippen LogP contribution < -0.4 is 0 Å². The number of nitrogens with zero attached hydrogens (tertiary/aromatic N) is 1. The van der Waals surface area contributed by atoms with Crippen molar-refractivity contribution in [1.82, 2.24) is 0 Å². The molecule has 0 saturated heterocycles. The Bertz CT molecular complexity index is 479. The van der Waals surface area contributed by atoms with Crippen molar-refractivity contribution in [2.45, 2.75) is 13.8 Å². The molecule has 0 aromatic heterocycles. The Morgan fingerprint density at radius 3 is 2.62 bits per heavy atom. The summed E-state index contributed by atoms with van der Waals surface area (Å²) in [7, 11) is 0. The molecule has 82 valence electrons. The molecule has 0 N–H and O–H groups in total. The second-order valence-electron chi connectivity index (χ2n) is 3.42. The van der Waals surface area contributed by atoms with Gasteiger partial charge in [-0.15, -0.1) is 0 Å². The topological polar surface area (TPSA) is 23.8 Å². The highest BCUT2D eigenvalue weighted by Crippen LogP contribution is 2.33. The van der Waals surface area contributed by atoms with Crippen LogP contribution in [0.3, 0.4) is 0 Å². The van der Waals surface area contributed by atoms with Crippen molar-refractivity contribution >= 4 is 16.7 Å². The van der Waals surface area contributed by atoms with Crippen LogP contribution in [0.5, 0.6) is 0 Å². The van der Waals surface area contributed by atoms with Gasteiger partial charge in [0.1, 0.15) is 5.82 Å². The van der Waals surface area contributed by atoms with E-state index in [0.717, 1.165) is 10.5 Å². The van der Waals surface area contributed by atoms with E-state index in [2.05, 4.69) is 6.58 Å². The fourth-order valence-electron chi connectivity index (χ4n) is 1.30. The summed E-state index contributed by atoms with van der Waals surface area (Å²) in [6.07, 6.45) is 0. The van der Waals surface area contributed by atoms with E-state index in [1.807, 2.05) is 19.9 Å². The van der Waals surface area contributed by atoms with E-state index in [1.54, 1.807) is 17.5 Å². The third-order valence-electron chi connectivity index (χ3n) is 2.00. The first-order valence-corrected chi connectivity index (χ1v) is 5.63. The quantitative estimate of drug-likeness (QED) is 0.776. The van der Waals surface area contributed by atoms with E-state index in [0.29, 0.717) is 11.1 Å². The number of halogens is 1. The summed E-state index contributed by atoms with van der Waals surface area (Å²) < 4.78 is 13.7. The van der Waals surface area contributed by atoms with E-state index in [9.17, 15) is 4.39 Å². The highest BCUT2D eigenvalue weighted by atomic mass is 32.2. The van der Waals surface area contributed by atoms with Gasteiger partial charge >= 0.3 is 0 Å². The smallest absolute Gasteiger partial charge is 0.132 e. The third kappa shape index (κ3) is 2.74. The monoisotopic (exact) mass is 233 g/mol. The molecule has 0 radical (unpaired) electrons. The average molecular weight is 233 g/mol. The summed E-state index contributed by atoms with van der Waals surface area (Å²) in [6.45, 7) is 7.47. The van der Waals surface area contributed by atoms with Crippen molar-refractivity contribution in [1.29, 1.82) is 5.26 Å². The summed E-state index contributed by atoms with van der Waals surface area (Å²) in [4.78, 5) is 0.844. The minimum absolute atomic E-state index is 0.331. The highest BCUT2D eigenvalue weighted by Gasteiger charge is 2.09. The first-order chi connectivity index (χ1) is 7.60. The van der Waals surface area contributed by atoms with Crippen molar-refractivity contribution < 1.29 is 4.39 Å². The fraction of sp³-hybridized carbons (Fsp3) is 0.154. The summed E-state index contributed by atoms with van der Waals surface area (Å²) in [6, 6.07) is 6.41. The van der Waals surface area contributed by atoms with Gasteiger partial charge in [-0.1, -0.05) is 23.9 Å². The first-order valence-electron chi connectivity index (χ1n) is 4.75. The predicted molar refractivity (Wildman–Crippen MR) is 67.2 cm³/mol. The molecule has 0 unspecified atom stereocenters. The van der Waals surface area contributed by atoms with Gasteiger partial charge in [0, 0.05) is 10.5 Å². The Morgan fingerprint density at radius 2 is 2.19 bits per heavy atom. The number of thioether (sulfide) groups is 1. The number of benzene rings is 1. The molecule has 3 heteroatoms. The van der Waals surface area contributed by atoms with E-state index in [-0.39, 0.29) is 5.82 Å². The van der Waals surface area contributed by atoms with Gasteiger partial charge in [0.2, 0.25) is 0 Å². The van der Waals surface area contributed by atoms with Crippen molar-refractivity contribution in [3.63, 3.8) is 0 Å². The molecule has 0 aliphatic rings. The molecule has 1 aromatic carbocycles. The molecule has 0 saturated carbocycles. The number of hydrogen-bond acceptors (Lipinski definition) is 2. The van der Waals surface area contributed by atoms with Crippen molar-refractivity contribution in [2.75, 3.05) is 0 Å². The Balaban J connectivity index is 3.28. The average Bonchev–Trinajstić information content (AvgIpc) is 2.26. The van der Waals surface area contributed by atoms with Crippen LogP contribution in [0.15, 0.2) is 35.8 Å². The maximum absolute atomic E-state index is 13.7. The molecule has 0 aliphatic carbocycles. The molecule has 0 atom stereocenters. The van der Waals surface area contributed by atoms with Gasteiger partial charge < -0.3 is 0 Å². The normalized spacial score (nSPS) is 9.38. The standard InChI is InChI=1S/C13H12FNS/c1-4-16-13(9(2)3)11-6-5-10(8-15)7-12(11)14/h4-7H,1H2,2-3H3. The lowest BCUT2D eigenvalue weighted by Gasteiger charge is -2.08. The zero-order valence-corrected chi connectivity index (χ0v) is 10.1. The Kier molecular flexibility index (Phi) is 4.33. The summed E-state index contributed by atoms with van der Waals surface area (Å²) in [5.41, 5.74) is 1.87. The van der Waals surface area contributed by atoms with Gasteiger partial charge in [0.05, 0.1) is 11.6 Å². The molecule has 0 aliphatic heterocycles. The van der Waals surface area contributed by atoms with Gasteiger partial charge in [0.25, 0.3) is 0 Å². The molecule has 0 fully saturated rings. The molecule has 1 nitrogen and oxygen atoms in total. The summed E-state index contributed by atoms with van der Waals surface area (Å²) in [5.74, 6) is -0.371. The van der Waals surface area contributed by atoms with Crippen LogP contribution in [0.2, 0.25) is 0 Å². The lowest BCUT2D eigenvalue weighted by Crippen LogP contribution is -1.90. The lowest BCUT2D eigenvalue weighted by atomic mass is 10.1. The zero-order valence-electron chi connectivity index (χ0n) is 9.25. The zero-order chi connectivity index (χ0) is 12.1. The van der Waals surface area contributed by atoms with Crippen LogP contribution in [0.25, 0.3) is 4.91 Å². The molecule has 0 spiro atoms. The maximum Gasteiger partial charge on any atom is 0.132 e. The third-order valence-corrected chi connectivity index (χ3v) is 3.03. The van der Waals surface area contributed by atoms with Gasteiger partial charge in [0.15, 0.2) is 0 Å². The van der Waals surface area contributed by atoms with Gasteiger partial charge in [-0.3, -0.25) is 0 Å². The van der Waals surface area contributed by atoms with Crippen LogP contribution in [0.1, 0.15) is 25.0 Å². The number of nitriles is 1. The SMILES string of the molecule is C=CSC(=C(C)C)c1ccc(C#N)cc1F. The van der Waals surface area contributed by atoms with Crippen LogP contribution in [-0.2, 0) is 0 Å². The molecular formula is C13H12FNS. The number of hydrogen-bond donors (Lipinski definition) is 0. The van der Waals surface area contributed by atoms with Crippen LogP contribution in [0, 0.1) is 17.1 Å². The van der Waals surface area contributed by atoms with E-state index < -0.39 is 0 Å². The fourth-order valence-corrected chi connectivity index (χ4v) is 2.00. The largest absolute Gasteiger partial charge is 0.206 e. The molecule has 16 heavy (non-hydrogen) atoms. The van der Waals surface area contributed by atoms with Gasteiger partial charge in [-0.2, -0.15) is 5.26 Å². The minimum atomic E-state index is -0.371. The first kappa shape index (κ1) is 12.5. The van der Waals surface area contributed by atoms with E-state index in [4.69, 9.17) is 5.26 Å². The lowest BCUT2D eigenvalue weighted by molar-refractivity contribution is 0.624. The minimum Gasteiger partial charge on any atom is -0.206 e. The predicted octanol–water partition coefficient (Wildman–Crippen LogP) is 4.32. The molecule has 0 heterocycles. The molecule has 1 aromatic rings. The van der Waals surface area contributed by atoms with Crippen LogP contribution >= 0.6 is 11.8 Å². The van der Waals surface area contributed by atoms with Crippen molar-refractivity contribution in [3.05, 3.63) is 52.7 Å². The number of allylic oxidation sites excluding steroid dienone is 1. The van der Waals surface area contributed by atoms with Crippen LogP contribution in [0.4, 0.5) is 4.39 Å². The number of rotatable bonds is 3. The van der Waals surface area contributed by atoms with Crippen LogP contribution in [-0.4, -0.2) is 0 Å². The Hall–Kier alpha value is -1.53. The molecular weight excluding hydrogens is 221 g/mol. The van der Waals surface area contributed by atoms with E-state index >= 15 is 0 Å². The van der Waals surface area contributed by atoms with Crippen molar-refractivity contribution in [3.8, 4) is 6.07 Å². The maximum atomic E-state index is 13.7. The second kappa shape index (κ2) is 5.53. The van der Waals surface area contributed by atoms with E-state index in [1.165, 1.54) is 17.8 Å². The molecule has 1 rings (SSSR count).